The van der Waals surface area contributed by atoms with Crippen molar-refractivity contribution < 1.29 is 14.7 Å². The molecule has 1 unspecified atom stereocenters. The number of hydrogen-bond donors (Lipinski definition) is 2. The molecule has 1 heterocycles. The number of nitrogens with one attached hydrogen (secondary N) is 1. The van der Waals surface area contributed by atoms with Crippen LogP contribution in [0.3, 0.4) is 0 Å². The quantitative estimate of drug-likeness (QED) is 0.393. The Morgan fingerprint density at radius 2 is 1.70 bits per heavy atom. The van der Waals surface area contributed by atoms with Crippen molar-refractivity contribution in [1.82, 2.24) is 15.1 Å². The molecule has 3 rings (SSSR count). The molecule has 1 saturated carbocycles. The first-order chi connectivity index (χ1) is 13.2. The molecule has 27 heavy (non-hydrogen) atoms. The van der Waals surface area contributed by atoms with Crippen LogP contribution in [-0.4, -0.2) is 78.9 Å². The topological polar surface area (TPSA) is 72.9 Å². The number of allylic oxidation sites excluding steroid dienone is 1. The summed E-state index contributed by atoms with van der Waals surface area (Å²) in [6.45, 7) is 6.46. The number of nitrogens with zero attached hydrogens (tertiary/aromatic N) is 2. The first-order valence-electron chi connectivity index (χ1n) is 9.78. The fourth-order valence-electron chi connectivity index (χ4n) is 3.77. The van der Waals surface area contributed by atoms with Gasteiger partial charge in [0.2, 0.25) is 0 Å². The van der Waals surface area contributed by atoms with Crippen molar-refractivity contribution in [2.24, 2.45) is 5.92 Å². The molecule has 6 heteroatoms. The SMILES string of the molecule is O=C1CC(Cc2ccccc2)C(=O)/C1=C/NCCN1CCN(CCO)CC1. The van der Waals surface area contributed by atoms with Gasteiger partial charge in [0.1, 0.15) is 0 Å². The molecular weight excluding hydrogens is 342 g/mol. The van der Waals surface area contributed by atoms with Crippen molar-refractivity contribution in [1.29, 1.82) is 0 Å². The lowest BCUT2D eigenvalue weighted by molar-refractivity contribution is -0.118. The Hall–Kier alpha value is -2.02. The zero-order valence-electron chi connectivity index (χ0n) is 15.8. The molecule has 1 atom stereocenters. The third-order valence-corrected chi connectivity index (χ3v) is 5.39. The van der Waals surface area contributed by atoms with E-state index < -0.39 is 0 Å². The number of hydrogen-bond acceptors (Lipinski definition) is 6. The van der Waals surface area contributed by atoms with E-state index in [0.29, 0.717) is 25.0 Å². The molecule has 0 spiro atoms. The number of Topliss-reactive ketones (excluding diaryl/α,β-unsaturated/α-hetero) is 2. The maximum absolute atomic E-state index is 12.5. The Balaban J connectivity index is 1.42. The van der Waals surface area contributed by atoms with Crippen LogP contribution in [0.25, 0.3) is 0 Å². The molecule has 0 radical (unpaired) electrons. The number of carbonyl (C=O) groups is 2. The van der Waals surface area contributed by atoms with Crippen molar-refractivity contribution >= 4 is 11.6 Å². The molecule has 2 N–H and O–H groups in total. The molecular formula is C21H29N3O3. The van der Waals surface area contributed by atoms with Gasteiger partial charge in [-0.2, -0.15) is 0 Å². The Labute approximate surface area is 160 Å². The molecule has 2 aliphatic rings. The molecule has 0 aromatic heterocycles. The minimum Gasteiger partial charge on any atom is -0.395 e. The zero-order chi connectivity index (χ0) is 19.1. The first-order valence-corrected chi connectivity index (χ1v) is 9.78. The summed E-state index contributed by atoms with van der Waals surface area (Å²) in [7, 11) is 0. The predicted molar refractivity (Wildman–Crippen MR) is 104 cm³/mol. The van der Waals surface area contributed by atoms with E-state index in [9.17, 15) is 9.59 Å². The summed E-state index contributed by atoms with van der Waals surface area (Å²) in [6.07, 6.45) is 2.56. The minimum absolute atomic E-state index is 0.0334. The van der Waals surface area contributed by atoms with Gasteiger partial charge in [-0.3, -0.25) is 19.4 Å². The van der Waals surface area contributed by atoms with Gasteiger partial charge in [-0.15, -0.1) is 0 Å². The first kappa shape index (κ1) is 19.7. The second kappa shape index (κ2) is 9.78. The van der Waals surface area contributed by atoms with Gasteiger partial charge in [0.25, 0.3) is 0 Å². The highest BCUT2D eigenvalue weighted by atomic mass is 16.3. The van der Waals surface area contributed by atoms with Gasteiger partial charge in [0, 0.05) is 64.4 Å². The van der Waals surface area contributed by atoms with Crippen LogP contribution in [0.4, 0.5) is 0 Å². The van der Waals surface area contributed by atoms with Crippen molar-refractivity contribution in [2.75, 3.05) is 52.4 Å². The number of rotatable bonds is 8. The predicted octanol–water partition coefficient (Wildman–Crippen LogP) is 0.471. The standard InChI is InChI=1S/C21H29N3O3/c25-13-12-24-10-8-23(9-11-24)7-6-22-16-19-20(26)15-18(21(19)27)14-17-4-2-1-3-5-17/h1-5,16,18,22,25H,6-15H2/b19-16+. The maximum Gasteiger partial charge on any atom is 0.171 e. The normalized spacial score (nSPS) is 23.3. The van der Waals surface area contributed by atoms with Crippen molar-refractivity contribution in [3.05, 3.63) is 47.7 Å². The fourth-order valence-corrected chi connectivity index (χ4v) is 3.77. The molecule has 2 fully saturated rings. The van der Waals surface area contributed by atoms with Crippen LogP contribution in [-0.2, 0) is 16.0 Å². The van der Waals surface area contributed by atoms with E-state index in [2.05, 4.69) is 15.1 Å². The average Bonchev–Trinajstić information content (AvgIpc) is 2.94. The molecule has 1 saturated heterocycles. The molecule has 1 aromatic carbocycles. The second-order valence-corrected chi connectivity index (χ2v) is 7.30. The van der Waals surface area contributed by atoms with Crippen LogP contribution in [0, 0.1) is 5.92 Å². The largest absolute Gasteiger partial charge is 0.395 e. The summed E-state index contributed by atoms with van der Waals surface area (Å²) in [5.41, 5.74) is 1.42. The van der Waals surface area contributed by atoms with Crippen molar-refractivity contribution in [3.63, 3.8) is 0 Å². The third kappa shape index (κ3) is 5.48. The van der Waals surface area contributed by atoms with Crippen LogP contribution in [0.2, 0.25) is 0 Å². The fraction of sp³-hybridized carbons (Fsp3) is 0.524. The summed E-state index contributed by atoms with van der Waals surface area (Å²) >= 11 is 0. The molecule has 1 aromatic rings. The van der Waals surface area contributed by atoms with Crippen LogP contribution < -0.4 is 5.32 Å². The minimum atomic E-state index is -0.229. The lowest BCUT2D eigenvalue weighted by Crippen LogP contribution is -2.48. The highest BCUT2D eigenvalue weighted by molar-refractivity contribution is 6.26. The van der Waals surface area contributed by atoms with E-state index in [1.807, 2.05) is 30.3 Å². The Kier molecular flexibility index (Phi) is 7.15. The highest BCUT2D eigenvalue weighted by Gasteiger charge is 2.36. The van der Waals surface area contributed by atoms with E-state index in [-0.39, 0.29) is 24.1 Å². The van der Waals surface area contributed by atoms with Crippen LogP contribution in [0.5, 0.6) is 0 Å². The molecule has 1 aliphatic heterocycles. The monoisotopic (exact) mass is 371 g/mol. The number of benzene rings is 1. The highest BCUT2D eigenvalue weighted by Crippen LogP contribution is 2.26. The number of carbonyl (C=O) groups excluding carboxylic acids is 2. The second-order valence-electron chi connectivity index (χ2n) is 7.30. The maximum atomic E-state index is 12.5. The molecule has 6 nitrogen and oxygen atoms in total. The van der Waals surface area contributed by atoms with Gasteiger partial charge < -0.3 is 10.4 Å². The van der Waals surface area contributed by atoms with Gasteiger partial charge >= 0.3 is 0 Å². The van der Waals surface area contributed by atoms with Crippen molar-refractivity contribution in [2.45, 2.75) is 12.8 Å². The number of aliphatic hydroxyl groups excluding tert-OH is 1. The lowest BCUT2D eigenvalue weighted by atomic mass is 9.97. The summed E-state index contributed by atoms with van der Waals surface area (Å²) in [6, 6.07) is 9.86. The number of β-amino-alcohol motifs (C(OH)–C–C–N with tert-alkyl or cyclic N) is 1. The third-order valence-electron chi connectivity index (χ3n) is 5.39. The van der Waals surface area contributed by atoms with Gasteiger partial charge in [-0.05, 0) is 12.0 Å². The van der Waals surface area contributed by atoms with Crippen molar-refractivity contribution in [3.8, 4) is 0 Å². The number of piperazine rings is 1. The average molecular weight is 371 g/mol. The Morgan fingerprint density at radius 3 is 2.37 bits per heavy atom. The van der Waals surface area contributed by atoms with Crippen LogP contribution >= 0.6 is 0 Å². The van der Waals surface area contributed by atoms with E-state index >= 15 is 0 Å². The van der Waals surface area contributed by atoms with E-state index in [1.54, 1.807) is 6.20 Å². The van der Waals surface area contributed by atoms with Gasteiger partial charge in [-0.25, -0.2) is 0 Å². The number of aliphatic hydroxyl groups is 1. The summed E-state index contributed by atoms with van der Waals surface area (Å²) in [5, 5.41) is 12.1. The lowest BCUT2D eigenvalue weighted by Gasteiger charge is -2.34. The van der Waals surface area contributed by atoms with Crippen LogP contribution in [0.1, 0.15) is 12.0 Å². The summed E-state index contributed by atoms with van der Waals surface area (Å²) in [5.74, 6) is -0.312. The molecule has 1 aliphatic carbocycles. The number of ketones is 2. The summed E-state index contributed by atoms with van der Waals surface area (Å²) < 4.78 is 0. The van der Waals surface area contributed by atoms with Crippen LogP contribution in [0.15, 0.2) is 42.1 Å². The van der Waals surface area contributed by atoms with Gasteiger partial charge in [0.05, 0.1) is 12.2 Å². The zero-order valence-corrected chi connectivity index (χ0v) is 15.8. The summed E-state index contributed by atoms with van der Waals surface area (Å²) in [4.78, 5) is 29.4. The molecule has 0 bridgehead atoms. The van der Waals surface area contributed by atoms with E-state index in [1.165, 1.54) is 0 Å². The Morgan fingerprint density at radius 1 is 1.04 bits per heavy atom. The van der Waals surface area contributed by atoms with Gasteiger partial charge in [-0.1, -0.05) is 30.3 Å². The smallest absolute Gasteiger partial charge is 0.171 e. The molecule has 0 amide bonds. The van der Waals surface area contributed by atoms with E-state index in [4.69, 9.17) is 5.11 Å². The molecule has 146 valence electrons. The van der Waals surface area contributed by atoms with Gasteiger partial charge in [0.15, 0.2) is 11.6 Å². The Bertz CT molecular complexity index is 667. The van der Waals surface area contributed by atoms with E-state index in [0.717, 1.165) is 44.8 Å².